The fourth-order valence-electron chi connectivity index (χ4n) is 1.97. The van der Waals surface area contributed by atoms with Gasteiger partial charge >= 0.3 is 0 Å². The smallest absolute Gasteiger partial charge is 0.130 e. The maximum atomic E-state index is 12.9. The molecule has 0 amide bonds. The Morgan fingerprint density at radius 2 is 2.00 bits per heavy atom. The second-order valence-electron chi connectivity index (χ2n) is 4.58. The van der Waals surface area contributed by atoms with E-state index < -0.39 is 5.41 Å². The van der Waals surface area contributed by atoms with Crippen LogP contribution in [0, 0.1) is 5.82 Å². The summed E-state index contributed by atoms with van der Waals surface area (Å²) in [5.41, 5.74) is 1.13. The molecule has 92 valence electrons. The van der Waals surface area contributed by atoms with Gasteiger partial charge in [0, 0.05) is 12.4 Å². The second-order valence-corrected chi connectivity index (χ2v) is 4.58. The lowest BCUT2D eigenvalue weighted by atomic mass is 9.79. The van der Waals surface area contributed by atoms with Crippen LogP contribution in [-0.2, 0) is 16.6 Å². The number of aldehydes is 1. The Kier molecular flexibility index (Phi) is 3.51. The number of hydrogen-bond donors (Lipinski definition) is 0. The molecular formula is C15H14FNO. The summed E-state index contributed by atoms with van der Waals surface area (Å²) < 4.78 is 12.9. The van der Waals surface area contributed by atoms with Crippen LogP contribution in [0.1, 0.15) is 18.1 Å². The lowest BCUT2D eigenvalue weighted by molar-refractivity contribution is -0.112. The highest BCUT2D eigenvalue weighted by molar-refractivity contribution is 5.68. The van der Waals surface area contributed by atoms with E-state index in [9.17, 15) is 9.18 Å². The van der Waals surface area contributed by atoms with Crippen LogP contribution in [0.2, 0.25) is 0 Å². The lowest BCUT2D eigenvalue weighted by Crippen LogP contribution is -2.26. The number of pyridine rings is 1. The summed E-state index contributed by atoms with van der Waals surface area (Å²) in [6.07, 6.45) is 4.90. The Morgan fingerprint density at radius 3 is 2.56 bits per heavy atom. The maximum absolute atomic E-state index is 12.9. The molecule has 0 bridgehead atoms. The Labute approximate surface area is 105 Å². The van der Waals surface area contributed by atoms with E-state index in [0.717, 1.165) is 17.4 Å². The van der Waals surface area contributed by atoms with E-state index in [1.165, 1.54) is 12.1 Å². The number of halogens is 1. The first kappa shape index (κ1) is 12.4. The number of rotatable bonds is 4. The van der Waals surface area contributed by atoms with Gasteiger partial charge in [0.15, 0.2) is 0 Å². The van der Waals surface area contributed by atoms with Gasteiger partial charge < -0.3 is 4.79 Å². The van der Waals surface area contributed by atoms with Crippen molar-refractivity contribution in [2.75, 3.05) is 0 Å². The van der Waals surface area contributed by atoms with Crippen molar-refractivity contribution in [1.82, 2.24) is 4.98 Å². The minimum absolute atomic E-state index is 0.298. The van der Waals surface area contributed by atoms with Gasteiger partial charge in [0.2, 0.25) is 0 Å². The normalized spacial score (nSPS) is 13.9. The molecule has 0 N–H and O–H groups in total. The van der Waals surface area contributed by atoms with Crippen molar-refractivity contribution in [3.8, 4) is 0 Å². The molecule has 0 fully saturated rings. The molecule has 0 aliphatic rings. The van der Waals surface area contributed by atoms with Crippen LogP contribution in [0.15, 0.2) is 48.8 Å². The average Bonchev–Trinajstić information content (AvgIpc) is 2.40. The zero-order valence-electron chi connectivity index (χ0n) is 10.1. The molecule has 0 spiro atoms. The van der Waals surface area contributed by atoms with Crippen molar-refractivity contribution in [1.29, 1.82) is 0 Å². The van der Waals surface area contributed by atoms with Gasteiger partial charge in [-0.3, -0.25) is 4.98 Å². The molecule has 18 heavy (non-hydrogen) atoms. The van der Waals surface area contributed by atoms with E-state index in [2.05, 4.69) is 4.98 Å². The molecule has 1 aromatic heterocycles. The Bertz CT molecular complexity index is 524. The summed E-state index contributed by atoms with van der Waals surface area (Å²) in [4.78, 5) is 15.4. The van der Waals surface area contributed by atoms with Gasteiger partial charge in [0.25, 0.3) is 0 Å². The number of aromatic nitrogens is 1. The molecule has 0 saturated carbocycles. The monoisotopic (exact) mass is 243 g/mol. The highest BCUT2D eigenvalue weighted by atomic mass is 19.1. The molecule has 1 heterocycles. The molecule has 2 aromatic rings. The minimum atomic E-state index is -0.656. The summed E-state index contributed by atoms with van der Waals surface area (Å²) in [6, 6.07) is 9.82. The van der Waals surface area contributed by atoms with Crippen LogP contribution in [-0.4, -0.2) is 11.3 Å². The van der Waals surface area contributed by atoms with Crippen LogP contribution in [0.4, 0.5) is 4.39 Å². The van der Waals surface area contributed by atoms with E-state index in [1.54, 1.807) is 24.5 Å². The number of carbonyl (C=O) groups is 1. The number of hydrogen-bond acceptors (Lipinski definition) is 2. The number of benzene rings is 1. The highest BCUT2D eigenvalue weighted by Crippen LogP contribution is 2.26. The van der Waals surface area contributed by atoms with Crippen LogP contribution in [0.5, 0.6) is 0 Å². The zero-order valence-corrected chi connectivity index (χ0v) is 10.1. The van der Waals surface area contributed by atoms with Gasteiger partial charge in [-0.15, -0.1) is 0 Å². The fraction of sp³-hybridized carbons (Fsp3) is 0.200. The van der Waals surface area contributed by atoms with Crippen molar-refractivity contribution >= 4 is 6.29 Å². The van der Waals surface area contributed by atoms with E-state index in [0.29, 0.717) is 6.42 Å². The largest absolute Gasteiger partial charge is 0.302 e. The summed E-state index contributed by atoms with van der Waals surface area (Å²) in [6.45, 7) is 1.85. The third kappa shape index (κ3) is 2.62. The molecule has 2 nitrogen and oxygen atoms in total. The molecule has 1 aromatic carbocycles. The SMILES string of the molecule is CC(C=O)(Cc1cccnc1)c1ccc(F)cc1. The van der Waals surface area contributed by atoms with Crippen molar-refractivity contribution in [3.05, 3.63) is 65.7 Å². The molecule has 0 saturated heterocycles. The van der Waals surface area contributed by atoms with Gasteiger partial charge in [-0.1, -0.05) is 18.2 Å². The van der Waals surface area contributed by atoms with E-state index in [-0.39, 0.29) is 5.82 Å². The first-order chi connectivity index (χ1) is 8.64. The van der Waals surface area contributed by atoms with Crippen LogP contribution >= 0.6 is 0 Å². The standard InChI is InChI=1S/C15H14FNO/c1-15(11-18,9-12-3-2-8-17-10-12)13-4-6-14(16)7-5-13/h2-8,10-11H,9H2,1H3. The molecule has 3 heteroatoms. The summed E-state index contributed by atoms with van der Waals surface area (Å²) >= 11 is 0. The van der Waals surface area contributed by atoms with Crippen molar-refractivity contribution < 1.29 is 9.18 Å². The van der Waals surface area contributed by atoms with Crippen LogP contribution in [0.3, 0.4) is 0 Å². The number of nitrogens with zero attached hydrogens (tertiary/aromatic N) is 1. The van der Waals surface area contributed by atoms with Crippen molar-refractivity contribution in [3.63, 3.8) is 0 Å². The van der Waals surface area contributed by atoms with Gasteiger partial charge in [0.05, 0.1) is 5.41 Å². The average molecular weight is 243 g/mol. The summed E-state index contributed by atoms with van der Waals surface area (Å²) in [5, 5.41) is 0. The molecule has 1 unspecified atom stereocenters. The highest BCUT2D eigenvalue weighted by Gasteiger charge is 2.26. The first-order valence-corrected chi connectivity index (χ1v) is 5.75. The topological polar surface area (TPSA) is 30.0 Å². The molecule has 1 atom stereocenters. The van der Waals surface area contributed by atoms with Gasteiger partial charge in [-0.05, 0) is 42.7 Å². The van der Waals surface area contributed by atoms with Gasteiger partial charge in [-0.25, -0.2) is 4.39 Å². The predicted octanol–water partition coefficient (Wildman–Crippen LogP) is 2.92. The van der Waals surface area contributed by atoms with Gasteiger partial charge in [-0.2, -0.15) is 0 Å². The maximum Gasteiger partial charge on any atom is 0.130 e. The number of carbonyl (C=O) groups excluding carboxylic acids is 1. The van der Waals surface area contributed by atoms with E-state index >= 15 is 0 Å². The Morgan fingerprint density at radius 1 is 1.28 bits per heavy atom. The zero-order chi connectivity index (χ0) is 13.0. The molecule has 0 radical (unpaired) electrons. The first-order valence-electron chi connectivity index (χ1n) is 5.75. The molecular weight excluding hydrogens is 229 g/mol. The molecule has 0 aliphatic carbocycles. The third-order valence-corrected chi connectivity index (χ3v) is 3.06. The van der Waals surface area contributed by atoms with Gasteiger partial charge in [0.1, 0.15) is 12.1 Å². The fourth-order valence-corrected chi connectivity index (χ4v) is 1.97. The van der Waals surface area contributed by atoms with Crippen LogP contribution < -0.4 is 0 Å². The predicted molar refractivity (Wildman–Crippen MR) is 67.8 cm³/mol. The lowest BCUT2D eigenvalue weighted by Gasteiger charge is -2.23. The third-order valence-electron chi connectivity index (χ3n) is 3.06. The van der Waals surface area contributed by atoms with Crippen molar-refractivity contribution in [2.24, 2.45) is 0 Å². The van der Waals surface area contributed by atoms with Crippen LogP contribution in [0.25, 0.3) is 0 Å². The Hall–Kier alpha value is -2.03. The van der Waals surface area contributed by atoms with E-state index in [4.69, 9.17) is 0 Å². The Balaban J connectivity index is 2.30. The summed E-state index contributed by atoms with van der Waals surface area (Å²) in [5.74, 6) is -0.298. The molecule has 0 aliphatic heterocycles. The van der Waals surface area contributed by atoms with E-state index in [1.807, 2.05) is 19.1 Å². The minimum Gasteiger partial charge on any atom is -0.302 e. The summed E-state index contributed by atoms with van der Waals surface area (Å²) in [7, 11) is 0. The molecule has 2 rings (SSSR count). The second kappa shape index (κ2) is 5.08. The quantitative estimate of drug-likeness (QED) is 0.773. The van der Waals surface area contributed by atoms with Crippen molar-refractivity contribution in [2.45, 2.75) is 18.8 Å².